The molecule has 0 radical (unpaired) electrons. The van der Waals surface area contributed by atoms with Crippen LogP contribution in [-0.4, -0.2) is 47.9 Å². The molecule has 2 unspecified atom stereocenters. The number of aromatic nitrogens is 2. The molecule has 174 valence electrons. The summed E-state index contributed by atoms with van der Waals surface area (Å²) >= 11 is 4.50. The first kappa shape index (κ1) is 26.0. The summed E-state index contributed by atoms with van der Waals surface area (Å²) in [7, 11) is -11.0. The molecule has 31 heavy (non-hydrogen) atoms. The number of ether oxygens (including phenoxy) is 1. The molecule has 0 amide bonds. The molecule has 1 aromatic rings. The van der Waals surface area contributed by atoms with E-state index in [1.165, 1.54) is 13.1 Å². The van der Waals surface area contributed by atoms with Crippen LogP contribution in [0.3, 0.4) is 0 Å². The molecule has 2 heterocycles. The SMILES string of the molecule is Cc1cn([C@H]2C[C@H](N=[N+]=[N-])[C@@H](COP(O)(=S)OP(=O)(O)OP(=O)(O)O)O2)c(=O)[nH]c1=O. The fraction of sp³-hybridized carbons (Fsp3) is 0.600. The summed E-state index contributed by atoms with van der Waals surface area (Å²) in [6.07, 6.45) is -0.952. The van der Waals surface area contributed by atoms with Gasteiger partial charge in [0.05, 0.1) is 18.8 Å². The number of hydrogen-bond donors (Lipinski definition) is 5. The lowest BCUT2D eigenvalue weighted by molar-refractivity contribution is -0.0242. The molecular weight excluding hydrogens is 507 g/mol. The smallest absolute Gasteiger partial charge is 0.352 e. The lowest BCUT2D eigenvalue weighted by atomic mass is 10.1. The van der Waals surface area contributed by atoms with Crippen molar-refractivity contribution in [3.63, 3.8) is 0 Å². The van der Waals surface area contributed by atoms with Crippen LogP contribution in [0.2, 0.25) is 0 Å². The lowest BCUT2D eigenvalue weighted by Gasteiger charge is -2.22. The topological polar surface area (TPSA) is 256 Å². The number of nitrogens with zero attached hydrogens (tertiary/aromatic N) is 4. The van der Waals surface area contributed by atoms with Crippen molar-refractivity contribution in [1.29, 1.82) is 0 Å². The second kappa shape index (κ2) is 9.73. The van der Waals surface area contributed by atoms with E-state index < -0.39 is 58.6 Å². The first-order valence-corrected chi connectivity index (χ1v) is 13.5. The van der Waals surface area contributed by atoms with E-state index in [9.17, 15) is 28.5 Å². The maximum Gasteiger partial charge on any atom is 0.488 e. The monoisotopic (exact) mass is 523 g/mol. The molecule has 1 aromatic heterocycles. The Balaban J connectivity index is 2.14. The Labute approximate surface area is 177 Å². The Kier molecular flexibility index (Phi) is 8.17. The van der Waals surface area contributed by atoms with Gasteiger partial charge in [-0.25, -0.2) is 18.2 Å². The Bertz CT molecular complexity index is 1140. The van der Waals surface area contributed by atoms with Gasteiger partial charge in [0.1, 0.15) is 6.23 Å². The van der Waals surface area contributed by atoms with Crippen molar-refractivity contribution in [2.45, 2.75) is 31.7 Å². The summed E-state index contributed by atoms with van der Waals surface area (Å²) in [6.45, 7) is -3.81. The largest absolute Gasteiger partial charge is 0.488 e. The van der Waals surface area contributed by atoms with E-state index in [4.69, 9.17) is 24.6 Å². The molecule has 0 aliphatic carbocycles. The number of aryl methyl sites for hydroxylation is 1. The second-order valence-electron chi connectivity index (χ2n) is 6.00. The number of azide groups is 1. The summed E-state index contributed by atoms with van der Waals surface area (Å²) in [5.41, 5.74) is 7.52. The molecule has 5 N–H and O–H groups in total. The van der Waals surface area contributed by atoms with E-state index in [-0.39, 0.29) is 12.0 Å². The van der Waals surface area contributed by atoms with Gasteiger partial charge >= 0.3 is 28.1 Å². The average molecular weight is 523 g/mol. The molecule has 0 bridgehead atoms. The molecule has 1 fully saturated rings. The van der Waals surface area contributed by atoms with E-state index in [1.807, 2.05) is 0 Å². The zero-order valence-electron chi connectivity index (χ0n) is 15.3. The van der Waals surface area contributed by atoms with Crippen LogP contribution in [0.1, 0.15) is 18.2 Å². The third-order valence-corrected chi connectivity index (χ3v) is 8.40. The third kappa shape index (κ3) is 7.70. The molecular formula is C10H16N5O12P3S. The molecule has 5 atom stereocenters. The minimum atomic E-state index is -5.50. The summed E-state index contributed by atoms with van der Waals surface area (Å²) < 4.78 is 41.2. The fourth-order valence-electron chi connectivity index (χ4n) is 2.49. The van der Waals surface area contributed by atoms with E-state index in [2.05, 4.69) is 35.4 Å². The first-order chi connectivity index (χ1) is 14.1. The Morgan fingerprint density at radius 1 is 1.35 bits per heavy atom. The number of hydrogen-bond acceptors (Lipinski definition) is 10. The van der Waals surface area contributed by atoms with Gasteiger partial charge in [0.2, 0.25) is 0 Å². The van der Waals surface area contributed by atoms with Gasteiger partial charge < -0.3 is 28.8 Å². The molecule has 0 spiro atoms. The maximum absolute atomic E-state index is 12.0. The zero-order chi connectivity index (χ0) is 23.6. The number of nitrogens with one attached hydrogen (secondary N) is 1. The zero-order valence-corrected chi connectivity index (χ0v) is 18.8. The van der Waals surface area contributed by atoms with Crippen LogP contribution in [0.5, 0.6) is 0 Å². The third-order valence-electron chi connectivity index (χ3n) is 3.68. The molecule has 1 aliphatic rings. The van der Waals surface area contributed by atoms with E-state index in [1.54, 1.807) is 0 Å². The highest BCUT2D eigenvalue weighted by Gasteiger charge is 2.41. The second-order valence-corrected chi connectivity index (χ2v) is 11.8. The van der Waals surface area contributed by atoms with E-state index in [0.29, 0.717) is 0 Å². The Morgan fingerprint density at radius 2 is 2.00 bits per heavy atom. The van der Waals surface area contributed by atoms with Crippen molar-refractivity contribution in [2.24, 2.45) is 5.11 Å². The molecule has 17 nitrogen and oxygen atoms in total. The van der Waals surface area contributed by atoms with E-state index >= 15 is 0 Å². The quantitative estimate of drug-likeness (QED) is 0.126. The van der Waals surface area contributed by atoms with Gasteiger partial charge in [-0.1, -0.05) is 5.11 Å². The lowest BCUT2D eigenvalue weighted by Crippen LogP contribution is -2.33. The van der Waals surface area contributed by atoms with Crippen molar-refractivity contribution in [3.8, 4) is 0 Å². The van der Waals surface area contributed by atoms with E-state index in [0.717, 1.165) is 4.57 Å². The van der Waals surface area contributed by atoms with Crippen LogP contribution >= 0.6 is 22.4 Å². The minimum Gasteiger partial charge on any atom is -0.352 e. The van der Waals surface area contributed by atoms with Gasteiger partial charge in [-0.2, -0.15) is 4.31 Å². The van der Waals surface area contributed by atoms with Crippen LogP contribution in [-0.2, 0) is 38.8 Å². The summed E-state index contributed by atoms with van der Waals surface area (Å²) in [4.78, 5) is 64.5. The predicted octanol–water partition coefficient (Wildman–Crippen LogP) is 0.271. The Morgan fingerprint density at radius 3 is 2.58 bits per heavy atom. The van der Waals surface area contributed by atoms with Gasteiger partial charge in [-0.15, -0.1) is 0 Å². The molecule has 1 aliphatic heterocycles. The Hall–Kier alpha value is -1.22. The molecule has 2 rings (SSSR count). The van der Waals surface area contributed by atoms with Crippen LogP contribution in [0.15, 0.2) is 20.9 Å². The van der Waals surface area contributed by atoms with Gasteiger partial charge in [-0.3, -0.25) is 14.3 Å². The fourth-order valence-corrected chi connectivity index (χ4v) is 6.47. The summed E-state index contributed by atoms with van der Waals surface area (Å²) in [5.74, 6) is 0. The maximum atomic E-state index is 12.0. The highest BCUT2D eigenvalue weighted by Crippen LogP contribution is 2.66. The first-order valence-electron chi connectivity index (χ1n) is 7.92. The van der Waals surface area contributed by atoms with Gasteiger partial charge in [0, 0.05) is 23.1 Å². The average Bonchev–Trinajstić information content (AvgIpc) is 2.96. The highest BCUT2D eigenvalue weighted by molar-refractivity contribution is 8.08. The van der Waals surface area contributed by atoms with Crippen molar-refractivity contribution in [2.75, 3.05) is 6.61 Å². The summed E-state index contributed by atoms with van der Waals surface area (Å²) in [6, 6.07) is -0.948. The van der Waals surface area contributed by atoms with Crippen molar-refractivity contribution in [3.05, 3.63) is 43.0 Å². The highest BCUT2D eigenvalue weighted by atomic mass is 32.5. The van der Waals surface area contributed by atoms with Crippen molar-refractivity contribution >= 4 is 34.2 Å². The van der Waals surface area contributed by atoms with Crippen LogP contribution in [0.4, 0.5) is 0 Å². The standard InChI is InChI=1S/C10H16N5O12P3S/c1-5-3-15(10(17)12-9(5)16)8-2-6(13-14-11)7(25-8)4-24-30(23,31)27-29(21,22)26-28(18,19)20/h3,6-8H,2,4H2,1H3,(H,21,22)(H,23,31)(H,12,16,17)(H2,18,19,20)/t6-,7+,8+,30?/m0/s1. The minimum absolute atomic E-state index is 0.0432. The van der Waals surface area contributed by atoms with Gasteiger partial charge in [0.25, 0.3) is 5.56 Å². The van der Waals surface area contributed by atoms with Gasteiger partial charge in [-0.05, 0) is 24.3 Å². The van der Waals surface area contributed by atoms with Crippen molar-refractivity contribution in [1.82, 2.24) is 9.55 Å². The number of aromatic amines is 1. The van der Waals surface area contributed by atoms with Crippen LogP contribution < -0.4 is 11.2 Å². The molecule has 21 heteroatoms. The number of rotatable bonds is 9. The molecule has 0 aromatic carbocycles. The van der Waals surface area contributed by atoms with Crippen LogP contribution in [0, 0.1) is 6.92 Å². The number of H-pyrrole nitrogens is 1. The van der Waals surface area contributed by atoms with Gasteiger partial charge in [0.15, 0.2) is 0 Å². The number of phosphoric acid groups is 2. The predicted molar refractivity (Wildman–Crippen MR) is 104 cm³/mol. The normalized spacial score (nSPS) is 25.4. The molecule has 0 saturated carbocycles. The van der Waals surface area contributed by atoms with Crippen LogP contribution in [0.25, 0.3) is 10.4 Å². The molecule has 1 saturated heterocycles. The van der Waals surface area contributed by atoms with Crippen molar-refractivity contribution < 1.29 is 46.6 Å². The summed E-state index contributed by atoms with van der Waals surface area (Å²) in [5, 5.41) is 3.49.